The van der Waals surface area contributed by atoms with E-state index in [9.17, 15) is 13.5 Å². The van der Waals surface area contributed by atoms with Gasteiger partial charge in [-0.2, -0.15) is 4.31 Å². The van der Waals surface area contributed by atoms with Crippen LogP contribution < -0.4 is 9.64 Å². The van der Waals surface area contributed by atoms with E-state index < -0.39 is 10.0 Å². The summed E-state index contributed by atoms with van der Waals surface area (Å²) in [4.78, 5) is 2.34. The summed E-state index contributed by atoms with van der Waals surface area (Å²) in [5, 5.41) is 9.69. The van der Waals surface area contributed by atoms with Gasteiger partial charge in [0.2, 0.25) is 10.0 Å². The van der Waals surface area contributed by atoms with Crippen LogP contribution >= 0.6 is 0 Å². The molecule has 1 saturated heterocycles. The van der Waals surface area contributed by atoms with Gasteiger partial charge in [0, 0.05) is 37.4 Å². The van der Waals surface area contributed by atoms with Crippen molar-refractivity contribution in [2.45, 2.75) is 42.7 Å². The van der Waals surface area contributed by atoms with Crippen molar-refractivity contribution in [2.24, 2.45) is 0 Å². The highest BCUT2D eigenvalue weighted by atomic mass is 32.2. The number of aliphatic hydroxyl groups excluding tert-OH is 1. The number of aliphatic hydroxyl groups is 1. The van der Waals surface area contributed by atoms with E-state index in [1.54, 1.807) is 16.4 Å². The second-order valence-corrected chi connectivity index (χ2v) is 8.43. The van der Waals surface area contributed by atoms with Crippen LogP contribution in [0.3, 0.4) is 0 Å². The Labute approximate surface area is 136 Å². The first-order chi connectivity index (χ1) is 11.1. The molecule has 1 aromatic rings. The molecule has 0 radical (unpaired) electrons. The van der Waals surface area contributed by atoms with E-state index >= 15 is 0 Å². The van der Waals surface area contributed by atoms with Crippen molar-refractivity contribution >= 4 is 15.7 Å². The molecule has 7 heteroatoms. The summed E-state index contributed by atoms with van der Waals surface area (Å²) in [6.07, 6.45) is 3.05. The third kappa shape index (κ3) is 2.81. The van der Waals surface area contributed by atoms with Crippen LogP contribution in [-0.2, 0) is 10.0 Å². The molecule has 1 atom stereocenters. The summed E-state index contributed by atoms with van der Waals surface area (Å²) < 4.78 is 33.3. The molecule has 23 heavy (non-hydrogen) atoms. The molecule has 3 aliphatic rings. The Morgan fingerprint density at radius 1 is 1.17 bits per heavy atom. The number of sulfonamides is 1. The van der Waals surface area contributed by atoms with E-state index in [0.29, 0.717) is 31.9 Å². The van der Waals surface area contributed by atoms with Crippen molar-refractivity contribution in [3.8, 4) is 5.75 Å². The maximum absolute atomic E-state index is 12.9. The standard InChI is InChI=1S/C16H22N2O4S/c19-14-6-8-17(11-14)13-4-5-16-15(10-13)22-9-1-7-18(12-2-3-12)23(16,20)21/h4-5,10,12,14,19H,1-3,6-9,11H2/t14-/m1/s1. The van der Waals surface area contributed by atoms with Gasteiger partial charge in [0.15, 0.2) is 0 Å². The van der Waals surface area contributed by atoms with Gasteiger partial charge in [-0.1, -0.05) is 0 Å². The lowest BCUT2D eigenvalue weighted by Crippen LogP contribution is -2.36. The Morgan fingerprint density at radius 3 is 2.70 bits per heavy atom. The van der Waals surface area contributed by atoms with Gasteiger partial charge < -0.3 is 14.7 Å². The molecule has 2 heterocycles. The van der Waals surface area contributed by atoms with Crippen LogP contribution in [0.25, 0.3) is 0 Å². The van der Waals surface area contributed by atoms with Crippen molar-refractivity contribution in [3.05, 3.63) is 18.2 Å². The largest absolute Gasteiger partial charge is 0.492 e. The smallest absolute Gasteiger partial charge is 0.247 e. The Bertz CT molecular complexity index is 702. The normalized spacial score (nSPS) is 27.9. The zero-order valence-electron chi connectivity index (χ0n) is 13.0. The van der Waals surface area contributed by atoms with Crippen molar-refractivity contribution in [1.82, 2.24) is 4.31 Å². The number of fused-ring (bicyclic) bond motifs is 1. The lowest BCUT2D eigenvalue weighted by molar-refractivity contribution is 0.198. The van der Waals surface area contributed by atoms with Gasteiger partial charge >= 0.3 is 0 Å². The first kappa shape index (κ1) is 15.2. The highest BCUT2D eigenvalue weighted by Gasteiger charge is 2.40. The van der Waals surface area contributed by atoms with E-state index in [4.69, 9.17) is 4.74 Å². The van der Waals surface area contributed by atoms with Gasteiger partial charge in [-0.3, -0.25) is 0 Å². The molecular formula is C16H22N2O4S. The van der Waals surface area contributed by atoms with E-state index in [-0.39, 0.29) is 17.0 Å². The fraction of sp³-hybridized carbons (Fsp3) is 0.625. The molecule has 1 aliphatic carbocycles. The quantitative estimate of drug-likeness (QED) is 0.877. The third-order valence-corrected chi connectivity index (χ3v) is 6.77. The monoisotopic (exact) mass is 338 g/mol. The molecule has 4 rings (SSSR count). The molecule has 0 unspecified atom stereocenters. The first-order valence-electron chi connectivity index (χ1n) is 8.27. The highest BCUT2D eigenvalue weighted by Crippen LogP contribution is 2.38. The minimum absolute atomic E-state index is 0.166. The minimum atomic E-state index is -3.49. The van der Waals surface area contributed by atoms with Crippen LogP contribution in [0.5, 0.6) is 5.75 Å². The van der Waals surface area contributed by atoms with Crippen molar-refractivity contribution in [3.63, 3.8) is 0 Å². The van der Waals surface area contributed by atoms with Crippen molar-refractivity contribution in [1.29, 1.82) is 0 Å². The van der Waals surface area contributed by atoms with Crippen molar-refractivity contribution < 1.29 is 18.3 Å². The predicted molar refractivity (Wildman–Crippen MR) is 86.3 cm³/mol. The lowest BCUT2D eigenvalue weighted by atomic mass is 10.2. The fourth-order valence-electron chi connectivity index (χ4n) is 3.39. The SMILES string of the molecule is O=S1(=O)c2ccc(N3CC[C@@H](O)C3)cc2OCCCN1C1CC1. The maximum atomic E-state index is 12.9. The van der Waals surface area contributed by atoms with Crippen LogP contribution in [0, 0.1) is 0 Å². The third-order valence-electron chi connectivity index (χ3n) is 4.78. The van der Waals surface area contributed by atoms with E-state index in [2.05, 4.69) is 4.90 Å². The topological polar surface area (TPSA) is 70.1 Å². The first-order valence-corrected chi connectivity index (χ1v) is 9.71. The van der Waals surface area contributed by atoms with Gasteiger partial charge in [0.05, 0.1) is 12.7 Å². The second-order valence-electron chi connectivity index (χ2n) is 6.57. The molecule has 0 bridgehead atoms. The lowest BCUT2D eigenvalue weighted by Gasteiger charge is -2.27. The van der Waals surface area contributed by atoms with E-state index in [1.165, 1.54) is 0 Å². The molecule has 126 valence electrons. The minimum Gasteiger partial charge on any atom is -0.492 e. The summed E-state index contributed by atoms with van der Waals surface area (Å²) >= 11 is 0. The van der Waals surface area contributed by atoms with Gasteiger partial charge in [0.25, 0.3) is 0 Å². The number of rotatable bonds is 2. The molecule has 0 spiro atoms. The number of β-amino-alcohol motifs (C(OH)–C–C–N with tert-alkyl or cyclic N) is 1. The Hall–Kier alpha value is -1.31. The number of ether oxygens (including phenoxy) is 1. The molecular weight excluding hydrogens is 316 g/mol. The van der Waals surface area contributed by atoms with Gasteiger partial charge in [0.1, 0.15) is 10.6 Å². The Balaban J connectivity index is 1.70. The van der Waals surface area contributed by atoms with Gasteiger partial charge in [-0.25, -0.2) is 8.42 Å². The molecule has 1 saturated carbocycles. The summed E-state index contributed by atoms with van der Waals surface area (Å²) in [5.74, 6) is 0.439. The number of hydrogen-bond acceptors (Lipinski definition) is 5. The zero-order chi connectivity index (χ0) is 16.0. The zero-order valence-corrected chi connectivity index (χ0v) is 13.8. The molecule has 1 N–H and O–H groups in total. The number of hydrogen-bond donors (Lipinski definition) is 1. The summed E-state index contributed by atoms with van der Waals surface area (Å²) in [5.41, 5.74) is 0.911. The fourth-order valence-corrected chi connectivity index (χ4v) is 5.22. The van der Waals surface area contributed by atoms with Gasteiger partial charge in [-0.05, 0) is 37.8 Å². The summed E-state index contributed by atoms with van der Waals surface area (Å²) in [6.45, 7) is 2.42. The Kier molecular flexibility index (Phi) is 3.74. The van der Waals surface area contributed by atoms with Crippen LogP contribution in [0.2, 0.25) is 0 Å². The van der Waals surface area contributed by atoms with Crippen LogP contribution in [0.15, 0.2) is 23.1 Å². The van der Waals surface area contributed by atoms with Crippen LogP contribution in [-0.4, -0.2) is 56.2 Å². The molecule has 1 aromatic carbocycles. The number of benzene rings is 1. The summed E-state index contributed by atoms with van der Waals surface area (Å²) in [6, 6.07) is 5.45. The number of nitrogens with zero attached hydrogens (tertiary/aromatic N) is 2. The van der Waals surface area contributed by atoms with E-state index in [0.717, 1.165) is 31.5 Å². The van der Waals surface area contributed by atoms with Crippen LogP contribution in [0.4, 0.5) is 5.69 Å². The maximum Gasteiger partial charge on any atom is 0.247 e. The molecule has 6 nitrogen and oxygen atoms in total. The molecule has 2 aliphatic heterocycles. The Morgan fingerprint density at radius 2 is 2.00 bits per heavy atom. The second kappa shape index (κ2) is 5.65. The van der Waals surface area contributed by atoms with Gasteiger partial charge in [-0.15, -0.1) is 0 Å². The number of anilines is 1. The molecule has 0 aromatic heterocycles. The van der Waals surface area contributed by atoms with Crippen LogP contribution in [0.1, 0.15) is 25.7 Å². The highest BCUT2D eigenvalue weighted by molar-refractivity contribution is 7.89. The van der Waals surface area contributed by atoms with E-state index in [1.807, 2.05) is 6.07 Å². The summed E-state index contributed by atoms with van der Waals surface area (Å²) in [7, 11) is -3.49. The molecule has 2 fully saturated rings. The predicted octanol–water partition coefficient (Wildman–Crippen LogP) is 1.19. The molecule has 0 amide bonds. The average Bonchev–Trinajstić information content (AvgIpc) is 3.25. The van der Waals surface area contributed by atoms with Crippen molar-refractivity contribution in [2.75, 3.05) is 31.1 Å². The average molecular weight is 338 g/mol.